The van der Waals surface area contributed by atoms with E-state index in [-0.39, 0.29) is 18.0 Å². The largest absolute Gasteiger partial charge is 0.353 e. The van der Waals surface area contributed by atoms with E-state index in [1.165, 1.54) is 17.0 Å². The Hall–Kier alpha value is -2.41. The quantitative estimate of drug-likeness (QED) is 0.771. The van der Waals surface area contributed by atoms with Gasteiger partial charge in [-0.25, -0.2) is 9.97 Å². The molecule has 1 aliphatic heterocycles. The zero-order valence-electron chi connectivity index (χ0n) is 12.4. The Bertz CT molecular complexity index is 755. The van der Waals surface area contributed by atoms with Gasteiger partial charge in [-0.05, 0) is 6.07 Å². The minimum absolute atomic E-state index is 0.0568. The maximum Gasteiger partial charge on any atom is 0.250 e. The van der Waals surface area contributed by atoms with Crippen molar-refractivity contribution in [2.45, 2.75) is 6.54 Å². The van der Waals surface area contributed by atoms with Gasteiger partial charge in [0.1, 0.15) is 23.8 Å². The lowest BCUT2D eigenvalue weighted by Gasteiger charge is -2.35. The van der Waals surface area contributed by atoms with Crippen molar-refractivity contribution in [1.29, 1.82) is 0 Å². The van der Waals surface area contributed by atoms with E-state index in [4.69, 9.17) is 11.6 Å². The first kappa shape index (κ1) is 15.5. The van der Waals surface area contributed by atoms with Crippen LogP contribution < -0.4 is 10.5 Å². The van der Waals surface area contributed by atoms with E-state index >= 15 is 0 Å². The summed E-state index contributed by atoms with van der Waals surface area (Å²) in [5.74, 6) is 0.704. The Morgan fingerprint density at radius 3 is 2.65 bits per heavy atom. The van der Waals surface area contributed by atoms with Crippen LogP contribution in [0.4, 0.5) is 5.82 Å². The standard InChI is InChI=1S/C15H16ClN5O2/c16-12-9-13(18-11-17-12)19-5-7-20(8-6-19)15(23)10-21-4-2-1-3-14(21)22/h1-4,9,11H,5-8,10H2. The molecule has 3 rings (SSSR count). The molecular weight excluding hydrogens is 318 g/mol. The molecule has 1 aliphatic rings. The average Bonchev–Trinajstić information content (AvgIpc) is 2.57. The van der Waals surface area contributed by atoms with E-state index in [1.807, 2.05) is 0 Å². The highest BCUT2D eigenvalue weighted by molar-refractivity contribution is 6.29. The number of carbonyl (C=O) groups is 1. The van der Waals surface area contributed by atoms with E-state index in [0.717, 1.165) is 5.82 Å². The van der Waals surface area contributed by atoms with Crippen LogP contribution in [0.3, 0.4) is 0 Å². The van der Waals surface area contributed by atoms with Crippen LogP contribution in [0.15, 0.2) is 41.6 Å². The fourth-order valence-corrected chi connectivity index (χ4v) is 2.66. The fraction of sp³-hybridized carbons (Fsp3) is 0.333. The second kappa shape index (κ2) is 6.78. The second-order valence-corrected chi connectivity index (χ2v) is 5.62. The molecule has 0 bridgehead atoms. The Morgan fingerprint density at radius 1 is 1.17 bits per heavy atom. The molecule has 1 fully saturated rings. The average molecular weight is 334 g/mol. The summed E-state index contributed by atoms with van der Waals surface area (Å²) < 4.78 is 1.42. The van der Waals surface area contributed by atoms with Gasteiger partial charge in [-0.15, -0.1) is 0 Å². The number of hydrogen-bond donors (Lipinski definition) is 0. The predicted octanol–water partition coefficient (Wildman–Crippen LogP) is 0.641. The van der Waals surface area contributed by atoms with Crippen LogP contribution in [-0.2, 0) is 11.3 Å². The molecule has 8 heteroatoms. The number of piperazine rings is 1. The van der Waals surface area contributed by atoms with Crippen molar-refractivity contribution in [1.82, 2.24) is 19.4 Å². The summed E-state index contributed by atoms with van der Waals surface area (Å²) in [5.41, 5.74) is -0.171. The third-order valence-corrected chi connectivity index (χ3v) is 3.99. The molecule has 23 heavy (non-hydrogen) atoms. The maximum atomic E-state index is 12.3. The van der Waals surface area contributed by atoms with Crippen molar-refractivity contribution in [2.24, 2.45) is 0 Å². The lowest BCUT2D eigenvalue weighted by atomic mass is 10.3. The van der Waals surface area contributed by atoms with Crippen LogP contribution in [0, 0.1) is 0 Å². The highest BCUT2D eigenvalue weighted by Gasteiger charge is 2.22. The smallest absolute Gasteiger partial charge is 0.250 e. The van der Waals surface area contributed by atoms with Gasteiger partial charge in [-0.3, -0.25) is 9.59 Å². The third kappa shape index (κ3) is 3.68. The summed E-state index contributed by atoms with van der Waals surface area (Å²) in [5, 5.41) is 0.400. The fourth-order valence-electron chi connectivity index (χ4n) is 2.52. The molecule has 0 saturated carbocycles. The van der Waals surface area contributed by atoms with Gasteiger partial charge >= 0.3 is 0 Å². The molecule has 0 N–H and O–H groups in total. The minimum Gasteiger partial charge on any atom is -0.353 e. The summed E-state index contributed by atoms with van der Waals surface area (Å²) in [6.45, 7) is 2.58. The van der Waals surface area contributed by atoms with Crippen molar-refractivity contribution >= 4 is 23.3 Å². The molecular formula is C15H16ClN5O2. The summed E-state index contributed by atoms with van der Waals surface area (Å²) in [6, 6.07) is 6.56. The van der Waals surface area contributed by atoms with Crippen LogP contribution in [-0.4, -0.2) is 51.5 Å². The number of carbonyl (C=O) groups excluding carboxylic acids is 1. The summed E-state index contributed by atoms with van der Waals surface area (Å²) >= 11 is 5.87. The van der Waals surface area contributed by atoms with Gasteiger partial charge in [0.25, 0.3) is 5.56 Å². The molecule has 0 radical (unpaired) electrons. The van der Waals surface area contributed by atoms with E-state index < -0.39 is 0 Å². The van der Waals surface area contributed by atoms with E-state index in [2.05, 4.69) is 14.9 Å². The summed E-state index contributed by atoms with van der Waals surface area (Å²) in [7, 11) is 0. The Balaban J connectivity index is 1.59. The highest BCUT2D eigenvalue weighted by Crippen LogP contribution is 2.16. The maximum absolute atomic E-state index is 12.3. The molecule has 1 saturated heterocycles. The van der Waals surface area contributed by atoms with Gasteiger partial charge in [0, 0.05) is 44.5 Å². The van der Waals surface area contributed by atoms with Crippen molar-refractivity contribution < 1.29 is 4.79 Å². The molecule has 0 aliphatic carbocycles. The van der Waals surface area contributed by atoms with E-state index in [0.29, 0.717) is 31.3 Å². The van der Waals surface area contributed by atoms with Crippen molar-refractivity contribution in [3.05, 3.63) is 52.3 Å². The van der Waals surface area contributed by atoms with Gasteiger partial charge in [0.2, 0.25) is 5.91 Å². The van der Waals surface area contributed by atoms with Crippen molar-refractivity contribution in [2.75, 3.05) is 31.1 Å². The molecule has 1 amide bonds. The number of nitrogens with zero attached hydrogens (tertiary/aromatic N) is 5. The molecule has 2 aromatic rings. The van der Waals surface area contributed by atoms with Gasteiger partial charge < -0.3 is 14.4 Å². The zero-order valence-corrected chi connectivity index (χ0v) is 13.2. The lowest BCUT2D eigenvalue weighted by Crippen LogP contribution is -2.50. The predicted molar refractivity (Wildman–Crippen MR) is 86.5 cm³/mol. The van der Waals surface area contributed by atoms with Gasteiger partial charge in [-0.1, -0.05) is 17.7 Å². The summed E-state index contributed by atoms with van der Waals surface area (Å²) in [6.07, 6.45) is 3.05. The number of hydrogen-bond acceptors (Lipinski definition) is 5. The lowest BCUT2D eigenvalue weighted by molar-refractivity contribution is -0.132. The van der Waals surface area contributed by atoms with Crippen LogP contribution >= 0.6 is 11.6 Å². The Morgan fingerprint density at radius 2 is 1.96 bits per heavy atom. The van der Waals surface area contributed by atoms with Crippen LogP contribution in [0.5, 0.6) is 0 Å². The van der Waals surface area contributed by atoms with Gasteiger partial charge in [0.15, 0.2) is 0 Å². The highest BCUT2D eigenvalue weighted by atomic mass is 35.5. The van der Waals surface area contributed by atoms with Crippen molar-refractivity contribution in [3.63, 3.8) is 0 Å². The molecule has 3 heterocycles. The first-order chi connectivity index (χ1) is 11.1. The summed E-state index contributed by atoms with van der Waals surface area (Å²) in [4.78, 5) is 35.9. The first-order valence-corrected chi connectivity index (χ1v) is 7.67. The number of halogens is 1. The first-order valence-electron chi connectivity index (χ1n) is 7.29. The molecule has 0 aromatic carbocycles. The molecule has 0 unspecified atom stereocenters. The van der Waals surface area contributed by atoms with Crippen LogP contribution in [0.1, 0.15) is 0 Å². The Kier molecular flexibility index (Phi) is 4.57. The molecule has 7 nitrogen and oxygen atoms in total. The molecule has 2 aromatic heterocycles. The monoisotopic (exact) mass is 333 g/mol. The Labute approximate surface area is 138 Å². The number of pyridine rings is 1. The number of aromatic nitrogens is 3. The third-order valence-electron chi connectivity index (χ3n) is 3.78. The molecule has 120 valence electrons. The molecule has 0 atom stereocenters. The molecule has 0 spiro atoms. The van der Waals surface area contributed by atoms with Crippen molar-refractivity contribution in [3.8, 4) is 0 Å². The van der Waals surface area contributed by atoms with Crippen LogP contribution in [0.25, 0.3) is 0 Å². The van der Waals surface area contributed by atoms with E-state index in [1.54, 1.807) is 29.3 Å². The van der Waals surface area contributed by atoms with Gasteiger partial charge in [0.05, 0.1) is 0 Å². The number of amides is 1. The zero-order chi connectivity index (χ0) is 16.2. The number of rotatable bonds is 3. The van der Waals surface area contributed by atoms with Crippen LogP contribution in [0.2, 0.25) is 5.15 Å². The number of anilines is 1. The second-order valence-electron chi connectivity index (χ2n) is 5.23. The topological polar surface area (TPSA) is 71.3 Å². The normalized spacial score (nSPS) is 14.8. The SMILES string of the molecule is O=C(Cn1ccccc1=O)N1CCN(c2cc(Cl)ncn2)CC1. The minimum atomic E-state index is -0.171. The van der Waals surface area contributed by atoms with Gasteiger partial charge in [-0.2, -0.15) is 0 Å². The van der Waals surface area contributed by atoms with E-state index in [9.17, 15) is 9.59 Å².